The van der Waals surface area contributed by atoms with Gasteiger partial charge in [-0.1, -0.05) is 32.1 Å². The molecule has 3 nitrogen and oxygen atoms in total. The topological polar surface area (TPSA) is 47.3 Å². The van der Waals surface area contributed by atoms with E-state index in [1.165, 1.54) is 5.56 Å². The molecule has 0 radical (unpaired) electrons. The van der Waals surface area contributed by atoms with Crippen molar-refractivity contribution in [3.05, 3.63) is 29.3 Å². The summed E-state index contributed by atoms with van der Waals surface area (Å²) in [6.45, 7) is 8.82. The molecule has 0 saturated heterocycles. The maximum absolute atomic E-state index is 5.72. The van der Waals surface area contributed by atoms with Gasteiger partial charge in [-0.3, -0.25) is 0 Å². The van der Waals surface area contributed by atoms with E-state index in [-0.39, 0.29) is 0 Å². The highest BCUT2D eigenvalue weighted by molar-refractivity contribution is 7.80. The summed E-state index contributed by atoms with van der Waals surface area (Å²) in [5.74, 6) is 0.589. The number of thiocarbonyl (C=S) groups is 1. The first-order valence-corrected chi connectivity index (χ1v) is 7.13. The fourth-order valence-corrected chi connectivity index (χ4v) is 1.91. The first-order valence-electron chi connectivity index (χ1n) is 6.72. The van der Waals surface area contributed by atoms with E-state index in [1.807, 2.05) is 12.1 Å². The van der Waals surface area contributed by atoms with Crippen LogP contribution in [0.2, 0.25) is 0 Å². The van der Waals surface area contributed by atoms with Crippen molar-refractivity contribution in [3.63, 3.8) is 0 Å². The van der Waals surface area contributed by atoms with Gasteiger partial charge >= 0.3 is 0 Å². The lowest BCUT2D eigenvalue weighted by Crippen LogP contribution is -2.15. The molecule has 1 aromatic rings. The minimum absolute atomic E-state index is 0.429. The standard InChI is InChI=1S/C15H24N2OS/c1-11(2)10-18-8-4-7-17-14-9-12(3)5-6-13(14)15(16)19/h5-6,9,11,17H,4,7-8,10H2,1-3H3,(H2,16,19). The highest BCUT2D eigenvalue weighted by Gasteiger charge is 2.04. The zero-order valence-corrected chi connectivity index (χ0v) is 12.8. The third-order valence-electron chi connectivity index (χ3n) is 2.67. The Labute approximate surface area is 121 Å². The van der Waals surface area contributed by atoms with E-state index in [1.54, 1.807) is 0 Å². The fourth-order valence-electron chi connectivity index (χ4n) is 1.74. The van der Waals surface area contributed by atoms with Gasteiger partial charge in [-0.25, -0.2) is 0 Å². The molecule has 0 heterocycles. The summed E-state index contributed by atoms with van der Waals surface area (Å²) in [4.78, 5) is 0.429. The molecule has 106 valence electrons. The second-order valence-electron chi connectivity index (χ2n) is 5.16. The molecule has 3 N–H and O–H groups in total. The van der Waals surface area contributed by atoms with E-state index in [2.05, 4.69) is 32.2 Å². The first-order chi connectivity index (χ1) is 9.00. The van der Waals surface area contributed by atoms with Crippen LogP contribution in [-0.4, -0.2) is 24.7 Å². The number of anilines is 1. The van der Waals surface area contributed by atoms with Gasteiger partial charge in [-0.2, -0.15) is 0 Å². The first kappa shape index (κ1) is 15.9. The average molecular weight is 280 g/mol. The maximum atomic E-state index is 5.72. The Morgan fingerprint density at radius 1 is 1.42 bits per heavy atom. The molecule has 1 aromatic carbocycles. The number of nitrogens with two attached hydrogens (primary N) is 1. The van der Waals surface area contributed by atoms with Crippen molar-refractivity contribution in [2.45, 2.75) is 27.2 Å². The van der Waals surface area contributed by atoms with Gasteiger partial charge in [0.15, 0.2) is 0 Å². The molecule has 4 heteroatoms. The lowest BCUT2D eigenvalue weighted by Gasteiger charge is -2.12. The van der Waals surface area contributed by atoms with Gasteiger partial charge in [0.05, 0.1) is 0 Å². The molecule has 1 rings (SSSR count). The number of aryl methyl sites for hydroxylation is 1. The van der Waals surface area contributed by atoms with Gasteiger partial charge < -0.3 is 15.8 Å². The van der Waals surface area contributed by atoms with Gasteiger partial charge in [0, 0.05) is 31.0 Å². The van der Waals surface area contributed by atoms with Crippen molar-refractivity contribution in [1.82, 2.24) is 0 Å². The van der Waals surface area contributed by atoms with Crippen LogP contribution in [0.15, 0.2) is 18.2 Å². The molecule has 0 atom stereocenters. The minimum Gasteiger partial charge on any atom is -0.389 e. The Hall–Kier alpha value is -1.13. The van der Waals surface area contributed by atoms with Crippen LogP contribution in [0.3, 0.4) is 0 Å². The molecule has 0 aliphatic rings. The Morgan fingerprint density at radius 2 is 2.16 bits per heavy atom. The summed E-state index contributed by atoms with van der Waals surface area (Å²) in [7, 11) is 0. The average Bonchev–Trinajstić information content (AvgIpc) is 2.33. The Morgan fingerprint density at radius 3 is 2.79 bits per heavy atom. The SMILES string of the molecule is Cc1ccc(C(N)=S)c(NCCCOCC(C)C)c1. The van der Waals surface area contributed by atoms with Crippen molar-refractivity contribution in [3.8, 4) is 0 Å². The third kappa shape index (κ3) is 6.03. The summed E-state index contributed by atoms with van der Waals surface area (Å²) in [6, 6.07) is 6.06. The van der Waals surface area contributed by atoms with E-state index < -0.39 is 0 Å². The molecule has 0 saturated carbocycles. The van der Waals surface area contributed by atoms with Crippen LogP contribution in [0.1, 0.15) is 31.4 Å². The molecule has 0 aliphatic carbocycles. The van der Waals surface area contributed by atoms with Crippen LogP contribution in [-0.2, 0) is 4.74 Å². The predicted octanol–water partition coefficient (Wildman–Crippen LogP) is 3.10. The summed E-state index contributed by atoms with van der Waals surface area (Å²) in [5, 5.41) is 3.38. The van der Waals surface area contributed by atoms with Crippen molar-refractivity contribution in [2.24, 2.45) is 11.7 Å². The molecule has 0 fully saturated rings. The predicted molar refractivity (Wildman–Crippen MR) is 85.8 cm³/mol. The highest BCUT2D eigenvalue weighted by atomic mass is 32.1. The van der Waals surface area contributed by atoms with Gasteiger partial charge in [0.25, 0.3) is 0 Å². The zero-order valence-electron chi connectivity index (χ0n) is 12.0. The normalized spacial score (nSPS) is 10.7. The van der Waals surface area contributed by atoms with Crippen molar-refractivity contribution in [2.75, 3.05) is 25.1 Å². The molecule has 0 amide bonds. The Bertz CT molecular complexity index is 419. The van der Waals surface area contributed by atoms with E-state index in [9.17, 15) is 0 Å². The van der Waals surface area contributed by atoms with Crippen molar-refractivity contribution >= 4 is 22.9 Å². The second-order valence-corrected chi connectivity index (χ2v) is 5.60. The molecule has 0 spiro atoms. The number of hydrogen-bond acceptors (Lipinski definition) is 3. The van der Waals surface area contributed by atoms with Crippen molar-refractivity contribution < 1.29 is 4.74 Å². The third-order valence-corrected chi connectivity index (χ3v) is 2.89. The quantitative estimate of drug-likeness (QED) is 0.567. The highest BCUT2D eigenvalue weighted by Crippen LogP contribution is 2.17. The summed E-state index contributed by atoms with van der Waals surface area (Å²) in [5.41, 5.74) is 8.83. The van der Waals surface area contributed by atoms with E-state index in [0.717, 1.165) is 37.4 Å². The lowest BCUT2D eigenvalue weighted by molar-refractivity contribution is 0.110. The van der Waals surface area contributed by atoms with Crippen LogP contribution in [0.25, 0.3) is 0 Å². The summed E-state index contributed by atoms with van der Waals surface area (Å²) >= 11 is 5.06. The van der Waals surface area contributed by atoms with Crippen LogP contribution in [0.4, 0.5) is 5.69 Å². The van der Waals surface area contributed by atoms with E-state index in [4.69, 9.17) is 22.7 Å². The zero-order chi connectivity index (χ0) is 14.3. The number of hydrogen-bond donors (Lipinski definition) is 2. The fraction of sp³-hybridized carbons (Fsp3) is 0.533. The van der Waals surface area contributed by atoms with Crippen LogP contribution in [0, 0.1) is 12.8 Å². The second kappa shape index (κ2) is 8.12. The molecular formula is C15H24N2OS. The largest absolute Gasteiger partial charge is 0.389 e. The lowest BCUT2D eigenvalue weighted by atomic mass is 10.1. The van der Waals surface area contributed by atoms with Gasteiger partial charge in [0.2, 0.25) is 0 Å². The molecular weight excluding hydrogens is 256 g/mol. The molecule has 0 unspecified atom stereocenters. The monoisotopic (exact) mass is 280 g/mol. The molecule has 0 aromatic heterocycles. The molecule has 19 heavy (non-hydrogen) atoms. The van der Waals surface area contributed by atoms with Crippen LogP contribution < -0.4 is 11.1 Å². The maximum Gasteiger partial charge on any atom is 0.106 e. The van der Waals surface area contributed by atoms with Gasteiger partial charge in [-0.15, -0.1) is 0 Å². The smallest absolute Gasteiger partial charge is 0.106 e. The Balaban J connectivity index is 2.40. The molecule has 0 bridgehead atoms. The van der Waals surface area contributed by atoms with Gasteiger partial charge in [-0.05, 0) is 37.0 Å². The van der Waals surface area contributed by atoms with E-state index >= 15 is 0 Å². The summed E-state index contributed by atoms with van der Waals surface area (Å²) < 4.78 is 5.54. The van der Waals surface area contributed by atoms with Gasteiger partial charge in [0.1, 0.15) is 4.99 Å². The summed E-state index contributed by atoms with van der Waals surface area (Å²) in [6.07, 6.45) is 0.970. The Kier molecular flexibility index (Phi) is 6.81. The van der Waals surface area contributed by atoms with E-state index in [0.29, 0.717) is 10.9 Å². The number of nitrogens with one attached hydrogen (secondary N) is 1. The number of rotatable bonds is 8. The van der Waals surface area contributed by atoms with Crippen LogP contribution in [0.5, 0.6) is 0 Å². The molecule has 0 aliphatic heterocycles. The number of ether oxygens (including phenoxy) is 1. The van der Waals surface area contributed by atoms with Crippen molar-refractivity contribution in [1.29, 1.82) is 0 Å². The van der Waals surface area contributed by atoms with Crippen LogP contribution >= 0.6 is 12.2 Å². The minimum atomic E-state index is 0.429. The number of benzene rings is 1.